The highest BCUT2D eigenvalue weighted by Crippen LogP contribution is 2.11. The summed E-state index contributed by atoms with van der Waals surface area (Å²) in [7, 11) is 0. The van der Waals surface area contributed by atoms with Gasteiger partial charge >= 0.3 is 0 Å². The van der Waals surface area contributed by atoms with Crippen molar-refractivity contribution < 1.29 is 0 Å². The molecule has 2 nitrogen and oxygen atoms in total. The van der Waals surface area contributed by atoms with Gasteiger partial charge in [0, 0.05) is 12.6 Å². The minimum absolute atomic E-state index is 0.431. The number of hydrogen-bond acceptors (Lipinski definition) is 2. The first-order valence-corrected chi connectivity index (χ1v) is 6.54. The molecular weight excluding hydrogens is 208 g/mol. The topological polar surface area (TPSA) is 38.0 Å². The van der Waals surface area contributed by atoms with E-state index in [1.165, 1.54) is 16.7 Å². The minimum atomic E-state index is 0.431. The van der Waals surface area contributed by atoms with E-state index >= 15 is 0 Å². The summed E-state index contributed by atoms with van der Waals surface area (Å²) in [5.74, 6) is 0.596. The maximum absolute atomic E-state index is 5.74. The van der Waals surface area contributed by atoms with Crippen LogP contribution in [-0.2, 0) is 6.42 Å². The summed E-state index contributed by atoms with van der Waals surface area (Å²) in [5.41, 5.74) is 9.90. The standard InChI is InChI=1S/C15H26N2/c1-11(2)15(10-16)17-8-7-14-9-12(3)5-6-13(14)4/h5-6,9,11,15,17H,7-8,10,16H2,1-4H3. The van der Waals surface area contributed by atoms with E-state index in [-0.39, 0.29) is 0 Å². The van der Waals surface area contributed by atoms with Crippen LogP contribution in [0.1, 0.15) is 30.5 Å². The van der Waals surface area contributed by atoms with E-state index in [1.54, 1.807) is 0 Å². The maximum Gasteiger partial charge on any atom is 0.0213 e. The van der Waals surface area contributed by atoms with E-state index in [0.29, 0.717) is 18.5 Å². The van der Waals surface area contributed by atoms with Crippen molar-refractivity contribution in [3.63, 3.8) is 0 Å². The molecule has 0 heterocycles. The third-order valence-electron chi connectivity index (χ3n) is 3.36. The van der Waals surface area contributed by atoms with E-state index in [4.69, 9.17) is 5.73 Å². The van der Waals surface area contributed by atoms with E-state index in [0.717, 1.165) is 13.0 Å². The van der Waals surface area contributed by atoms with Crippen molar-refractivity contribution in [2.75, 3.05) is 13.1 Å². The van der Waals surface area contributed by atoms with Gasteiger partial charge in [-0.15, -0.1) is 0 Å². The summed E-state index contributed by atoms with van der Waals surface area (Å²) in [5, 5.41) is 3.54. The predicted molar refractivity (Wildman–Crippen MR) is 75.3 cm³/mol. The Morgan fingerprint density at radius 1 is 1.24 bits per heavy atom. The van der Waals surface area contributed by atoms with Crippen molar-refractivity contribution in [3.8, 4) is 0 Å². The van der Waals surface area contributed by atoms with Crippen LogP contribution in [0.4, 0.5) is 0 Å². The smallest absolute Gasteiger partial charge is 0.0213 e. The Balaban J connectivity index is 2.47. The molecule has 0 fully saturated rings. The molecule has 0 radical (unpaired) electrons. The predicted octanol–water partition coefficient (Wildman–Crippen LogP) is 2.42. The molecule has 17 heavy (non-hydrogen) atoms. The molecule has 0 spiro atoms. The molecule has 1 atom stereocenters. The molecule has 0 aliphatic carbocycles. The van der Waals surface area contributed by atoms with Gasteiger partial charge in [0.05, 0.1) is 0 Å². The van der Waals surface area contributed by atoms with Gasteiger partial charge in [-0.2, -0.15) is 0 Å². The lowest BCUT2D eigenvalue weighted by Gasteiger charge is -2.20. The lowest BCUT2D eigenvalue weighted by Crippen LogP contribution is -2.41. The Labute approximate surface area is 106 Å². The van der Waals surface area contributed by atoms with Crippen molar-refractivity contribution in [2.24, 2.45) is 11.7 Å². The summed E-state index contributed by atoms with van der Waals surface area (Å²) in [6.45, 7) is 10.5. The lowest BCUT2D eigenvalue weighted by atomic mass is 10.0. The second kappa shape index (κ2) is 6.77. The average molecular weight is 234 g/mol. The van der Waals surface area contributed by atoms with Gasteiger partial charge in [-0.3, -0.25) is 0 Å². The zero-order chi connectivity index (χ0) is 12.8. The molecule has 0 saturated heterocycles. The summed E-state index contributed by atoms with van der Waals surface area (Å²) in [4.78, 5) is 0. The van der Waals surface area contributed by atoms with Crippen molar-refractivity contribution >= 4 is 0 Å². The van der Waals surface area contributed by atoms with Crippen LogP contribution in [0.25, 0.3) is 0 Å². The highest BCUT2D eigenvalue weighted by Gasteiger charge is 2.09. The molecule has 1 aromatic rings. The molecule has 0 saturated carbocycles. The van der Waals surface area contributed by atoms with Crippen LogP contribution in [0.3, 0.4) is 0 Å². The monoisotopic (exact) mass is 234 g/mol. The summed E-state index contributed by atoms with van der Waals surface area (Å²) >= 11 is 0. The van der Waals surface area contributed by atoms with Crippen LogP contribution in [0.15, 0.2) is 18.2 Å². The summed E-state index contributed by atoms with van der Waals surface area (Å²) in [6.07, 6.45) is 1.08. The van der Waals surface area contributed by atoms with E-state index < -0.39 is 0 Å². The number of nitrogens with two attached hydrogens (primary N) is 1. The molecule has 1 rings (SSSR count). The number of aryl methyl sites for hydroxylation is 2. The molecule has 0 aliphatic rings. The zero-order valence-electron chi connectivity index (χ0n) is 11.6. The minimum Gasteiger partial charge on any atom is -0.329 e. The number of rotatable bonds is 6. The Morgan fingerprint density at radius 3 is 2.53 bits per heavy atom. The van der Waals surface area contributed by atoms with Crippen LogP contribution in [0.5, 0.6) is 0 Å². The highest BCUT2D eigenvalue weighted by atomic mass is 14.9. The van der Waals surface area contributed by atoms with Gasteiger partial charge in [0.15, 0.2) is 0 Å². The second-order valence-corrected chi connectivity index (χ2v) is 5.22. The first-order valence-electron chi connectivity index (χ1n) is 6.54. The number of benzene rings is 1. The van der Waals surface area contributed by atoms with Crippen LogP contribution >= 0.6 is 0 Å². The normalized spacial score (nSPS) is 13.1. The Bertz CT molecular complexity index is 345. The number of nitrogens with one attached hydrogen (secondary N) is 1. The maximum atomic E-state index is 5.74. The fraction of sp³-hybridized carbons (Fsp3) is 0.600. The van der Waals surface area contributed by atoms with E-state index in [9.17, 15) is 0 Å². The van der Waals surface area contributed by atoms with Crippen LogP contribution < -0.4 is 11.1 Å². The van der Waals surface area contributed by atoms with Gasteiger partial charge in [0.2, 0.25) is 0 Å². The van der Waals surface area contributed by atoms with Gasteiger partial charge in [-0.25, -0.2) is 0 Å². The first-order chi connectivity index (χ1) is 8.04. The first kappa shape index (κ1) is 14.2. The van der Waals surface area contributed by atoms with Crippen LogP contribution in [0, 0.1) is 19.8 Å². The van der Waals surface area contributed by atoms with E-state index in [1.807, 2.05) is 0 Å². The molecule has 3 N–H and O–H groups in total. The van der Waals surface area contributed by atoms with Gasteiger partial charge in [-0.05, 0) is 43.9 Å². The Morgan fingerprint density at radius 2 is 1.94 bits per heavy atom. The van der Waals surface area contributed by atoms with Crippen molar-refractivity contribution in [1.29, 1.82) is 0 Å². The fourth-order valence-electron chi connectivity index (χ4n) is 2.05. The molecule has 2 heteroatoms. The molecule has 0 amide bonds. The Hall–Kier alpha value is -0.860. The third kappa shape index (κ3) is 4.49. The SMILES string of the molecule is Cc1ccc(C)c(CCNC(CN)C(C)C)c1. The van der Waals surface area contributed by atoms with Crippen molar-refractivity contribution in [1.82, 2.24) is 5.32 Å². The quantitative estimate of drug-likeness (QED) is 0.793. The highest BCUT2D eigenvalue weighted by molar-refractivity contribution is 5.30. The lowest BCUT2D eigenvalue weighted by molar-refractivity contribution is 0.409. The van der Waals surface area contributed by atoms with Crippen molar-refractivity contribution in [2.45, 2.75) is 40.2 Å². The van der Waals surface area contributed by atoms with Gasteiger partial charge in [0.25, 0.3) is 0 Å². The second-order valence-electron chi connectivity index (χ2n) is 5.22. The van der Waals surface area contributed by atoms with Crippen LogP contribution in [0.2, 0.25) is 0 Å². The molecule has 96 valence electrons. The number of hydrogen-bond donors (Lipinski definition) is 2. The summed E-state index contributed by atoms with van der Waals surface area (Å²) in [6, 6.07) is 7.08. The molecule has 0 bridgehead atoms. The van der Waals surface area contributed by atoms with Gasteiger partial charge < -0.3 is 11.1 Å². The molecule has 0 aromatic heterocycles. The van der Waals surface area contributed by atoms with Crippen LogP contribution in [-0.4, -0.2) is 19.1 Å². The summed E-state index contributed by atoms with van der Waals surface area (Å²) < 4.78 is 0. The Kier molecular flexibility index (Phi) is 5.66. The molecular formula is C15H26N2. The fourth-order valence-corrected chi connectivity index (χ4v) is 2.05. The molecule has 1 unspecified atom stereocenters. The van der Waals surface area contributed by atoms with E-state index in [2.05, 4.69) is 51.2 Å². The van der Waals surface area contributed by atoms with Crippen molar-refractivity contribution in [3.05, 3.63) is 34.9 Å². The molecule has 1 aromatic carbocycles. The molecule has 0 aliphatic heterocycles. The van der Waals surface area contributed by atoms with Gasteiger partial charge in [-0.1, -0.05) is 37.6 Å². The van der Waals surface area contributed by atoms with Gasteiger partial charge in [0.1, 0.15) is 0 Å². The third-order valence-corrected chi connectivity index (χ3v) is 3.36. The average Bonchev–Trinajstić information content (AvgIpc) is 2.28. The zero-order valence-corrected chi connectivity index (χ0v) is 11.6. The largest absolute Gasteiger partial charge is 0.329 e.